The van der Waals surface area contributed by atoms with Crippen LogP contribution in [0.1, 0.15) is 23.7 Å². The standard InChI is InChI=1S/C55H33N3OS2/c1-2-13-37-32(11-1)12-9-17-38(37)33-23-25-34(26-24-33)53-56-54(35-27-28-41-40-14-4-7-20-47(40)61-50(41)31-35)58-55(57-53)44-29-36(30-46-51(44)42-15-3-6-19-45(42)59-46)39-18-10-22-49-52(39)43-16-5-8-21-48(43)60-49/h1-23,25-31,33H,24H2. The maximum atomic E-state index is 6.69. The maximum absolute atomic E-state index is 6.69. The highest BCUT2D eigenvalue weighted by Crippen LogP contribution is 2.45. The Labute approximate surface area is 358 Å². The van der Waals surface area contributed by atoms with Crippen molar-refractivity contribution in [3.63, 3.8) is 0 Å². The van der Waals surface area contributed by atoms with Crippen LogP contribution in [0, 0.1) is 0 Å². The predicted molar refractivity (Wildman–Crippen MR) is 258 cm³/mol. The number of hydrogen-bond acceptors (Lipinski definition) is 6. The van der Waals surface area contributed by atoms with E-state index >= 15 is 0 Å². The average Bonchev–Trinajstić information content (AvgIpc) is 4.02. The van der Waals surface area contributed by atoms with Gasteiger partial charge in [0.2, 0.25) is 0 Å². The molecule has 6 heteroatoms. The summed E-state index contributed by atoms with van der Waals surface area (Å²) in [5, 5.41) is 9.58. The highest BCUT2D eigenvalue weighted by molar-refractivity contribution is 7.26. The van der Waals surface area contributed by atoms with Gasteiger partial charge in [0.25, 0.3) is 0 Å². The lowest BCUT2D eigenvalue weighted by atomic mass is 9.87. The molecule has 0 fully saturated rings. The van der Waals surface area contributed by atoms with E-state index < -0.39 is 0 Å². The summed E-state index contributed by atoms with van der Waals surface area (Å²) in [5.41, 5.74) is 8.03. The average molecular weight is 816 g/mol. The number of nitrogens with zero attached hydrogens (tertiary/aromatic N) is 3. The molecule has 61 heavy (non-hydrogen) atoms. The summed E-state index contributed by atoms with van der Waals surface area (Å²) < 4.78 is 11.7. The van der Waals surface area contributed by atoms with Crippen molar-refractivity contribution in [1.82, 2.24) is 15.0 Å². The first-order valence-electron chi connectivity index (χ1n) is 20.6. The van der Waals surface area contributed by atoms with Crippen molar-refractivity contribution >= 4 is 101 Å². The molecule has 0 saturated carbocycles. The van der Waals surface area contributed by atoms with E-state index in [1.54, 1.807) is 11.3 Å². The zero-order chi connectivity index (χ0) is 40.0. The summed E-state index contributed by atoms with van der Waals surface area (Å²) in [7, 11) is 0. The fraction of sp³-hybridized carbons (Fsp3) is 0.0364. The molecule has 1 aliphatic rings. The lowest BCUT2D eigenvalue weighted by Crippen LogP contribution is -2.05. The molecular weight excluding hydrogens is 783 g/mol. The molecule has 4 aromatic heterocycles. The summed E-state index contributed by atoms with van der Waals surface area (Å²) in [6.45, 7) is 0. The van der Waals surface area contributed by atoms with Crippen LogP contribution in [0.25, 0.3) is 113 Å². The van der Waals surface area contributed by atoms with E-state index in [2.05, 4.69) is 170 Å². The zero-order valence-corrected chi connectivity index (χ0v) is 34.3. The first-order valence-corrected chi connectivity index (χ1v) is 22.2. The van der Waals surface area contributed by atoms with Gasteiger partial charge < -0.3 is 4.42 Å². The molecule has 0 saturated heterocycles. The van der Waals surface area contributed by atoms with Crippen molar-refractivity contribution in [2.75, 3.05) is 0 Å². The molecule has 0 spiro atoms. The summed E-state index contributed by atoms with van der Waals surface area (Å²) in [5.74, 6) is 2.15. The van der Waals surface area contributed by atoms with Gasteiger partial charge in [-0.15, -0.1) is 22.7 Å². The lowest BCUT2D eigenvalue weighted by molar-refractivity contribution is 0.669. The summed E-state index contributed by atoms with van der Waals surface area (Å²) >= 11 is 3.63. The maximum Gasteiger partial charge on any atom is 0.164 e. The molecule has 0 aliphatic heterocycles. The summed E-state index contributed by atoms with van der Waals surface area (Å²) in [6, 6.07) is 58.5. The predicted octanol–water partition coefficient (Wildman–Crippen LogP) is 15.8. The van der Waals surface area contributed by atoms with Gasteiger partial charge >= 0.3 is 0 Å². The highest BCUT2D eigenvalue weighted by Gasteiger charge is 2.23. The monoisotopic (exact) mass is 815 g/mol. The molecule has 0 amide bonds. The molecule has 1 unspecified atom stereocenters. The van der Waals surface area contributed by atoms with Crippen molar-refractivity contribution in [1.29, 1.82) is 0 Å². The van der Waals surface area contributed by atoms with Crippen molar-refractivity contribution in [3.8, 4) is 33.9 Å². The normalized spacial score (nSPS) is 14.4. The minimum Gasteiger partial charge on any atom is -0.456 e. The number of rotatable bonds is 5. The van der Waals surface area contributed by atoms with Crippen LogP contribution in [0.4, 0.5) is 0 Å². The van der Waals surface area contributed by atoms with Gasteiger partial charge in [-0.2, -0.15) is 0 Å². The molecule has 12 aromatic rings. The van der Waals surface area contributed by atoms with Crippen LogP contribution in [0.15, 0.2) is 186 Å². The first kappa shape index (κ1) is 34.6. The number of aromatic nitrogens is 3. The van der Waals surface area contributed by atoms with E-state index in [0.717, 1.165) is 56.2 Å². The van der Waals surface area contributed by atoms with Crippen molar-refractivity contribution in [3.05, 3.63) is 193 Å². The van der Waals surface area contributed by atoms with Gasteiger partial charge in [-0.25, -0.2) is 15.0 Å². The largest absolute Gasteiger partial charge is 0.456 e. The Morgan fingerprint density at radius 2 is 1.15 bits per heavy atom. The third-order valence-corrected chi connectivity index (χ3v) is 14.6. The van der Waals surface area contributed by atoms with Crippen LogP contribution >= 0.6 is 22.7 Å². The number of hydrogen-bond donors (Lipinski definition) is 0. The van der Waals surface area contributed by atoms with E-state index in [0.29, 0.717) is 17.5 Å². The fourth-order valence-corrected chi connectivity index (χ4v) is 11.7. The third-order valence-electron chi connectivity index (χ3n) is 12.3. The second kappa shape index (κ2) is 13.6. The van der Waals surface area contributed by atoms with Crippen LogP contribution < -0.4 is 0 Å². The van der Waals surface area contributed by atoms with E-state index in [-0.39, 0.29) is 5.92 Å². The quantitative estimate of drug-likeness (QED) is 0.174. The Kier molecular flexibility index (Phi) is 7.74. The minimum atomic E-state index is 0.246. The van der Waals surface area contributed by atoms with Crippen LogP contribution in [0.3, 0.4) is 0 Å². The molecule has 4 heterocycles. The molecular formula is C55H33N3OS2. The van der Waals surface area contributed by atoms with E-state index in [9.17, 15) is 0 Å². The van der Waals surface area contributed by atoms with Gasteiger partial charge in [0.15, 0.2) is 17.5 Å². The molecule has 1 atom stereocenters. The van der Waals surface area contributed by atoms with Crippen LogP contribution in [0.2, 0.25) is 0 Å². The molecule has 0 radical (unpaired) electrons. The second-order valence-corrected chi connectivity index (χ2v) is 18.0. The van der Waals surface area contributed by atoms with Crippen LogP contribution in [0.5, 0.6) is 0 Å². The van der Waals surface area contributed by atoms with Gasteiger partial charge in [-0.05, 0) is 76.3 Å². The molecule has 0 N–H and O–H groups in total. The number of furan rings is 1. The molecule has 286 valence electrons. The van der Waals surface area contributed by atoms with Crippen molar-refractivity contribution < 1.29 is 4.42 Å². The lowest BCUT2D eigenvalue weighted by Gasteiger charge is -2.19. The molecule has 8 aromatic carbocycles. The summed E-state index contributed by atoms with van der Waals surface area (Å²) in [6.07, 6.45) is 7.66. The van der Waals surface area contributed by atoms with Crippen LogP contribution in [-0.4, -0.2) is 15.0 Å². The topological polar surface area (TPSA) is 51.8 Å². The number of fused-ring (bicyclic) bond motifs is 10. The second-order valence-electron chi connectivity index (χ2n) is 15.8. The van der Waals surface area contributed by atoms with E-state index in [4.69, 9.17) is 19.4 Å². The van der Waals surface area contributed by atoms with Gasteiger partial charge in [0.1, 0.15) is 11.2 Å². The number of allylic oxidation sites excluding steroid dienone is 4. The van der Waals surface area contributed by atoms with E-state index in [1.165, 1.54) is 56.7 Å². The van der Waals surface area contributed by atoms with E-state index in [1.807, 2.05) is 23.5 Å². The Bertz CT molecular complexity index is 3820. The number of para-hydroxylation sites is 1. The number of thiophene rings is 2. The molecule has 4 nitrogen and oxygen atoms in total. The molecule has 0 bridgehead atoms. The Balaban J connectivity index is 1.03. The SMILES string of the molecule is C1=CC(c2cccc3ccccc23)CC=C1c1nc(-c2ccc3c(c2)sc2ccccc23)nc(-c2cc(-c3cccc4sc5ccccc5c34)cc3oc4ccccc4c23)n1. The van der Waals surface area contributed by atoms with Gasteiger partial charge in [0.05, 0.1) is 0 Å². The van der Waals surface area contributed by atoms with Gasteiger partial charge in [-0.1, -0.05) is 140 Å². The van der Waals surface area contributed by atoms with Gasteiger partial charge in [-0.3, -0.25) is 0 Å². The molecule has 1 aliphatic carbocycles. The highest BCUT2D eigenvalue weighted by atomic mass is 32.1. The third kappa shape index (κ3) is 5.60. The number of benzene rings is 8. The van der Waals surface area contributed by atoms with Crippen molar-refractivity contribution in [2.24, 2.45) is 0 Å². The zero-order valence-electron chi connectivity index (χ0n) is 32.7. The summed E-state index contributed by atoms with van der Waals surface area (Å²) in [4.78, 5) is 16.1. The van der Waals surface area contributed by atoms with Crippen molar-refractivity contribution in [2.45, 2.75) is 12.3 Å². The van der Waals surface area contributed by atoms with Gasteiger partial charge in [0, 0.05) is 73.7 Å². The van der Waals surface area contributed by atoms with Crippen LogP contribution in [-0.2, 0) is 0 Å². The molecule has 13 rings (SSSR count). The first-order chi connectivity index (χ1) is 30.2. The Morgan fingerprint density at radius 1 is 0.459 bits per heavy atom. The Morgan fingerprint density at radius 3 is 2.03 bits per heavy atom. The Hall–Kier alpha value is -7.25. The smallest absolute Gasteiger partial charge is 0.164 e. The fourth-order valence-electron chi connectivity index (χ4n) is 9.41. The minimum absolute atomic E-state index is 0.246.